The molecule has 0 aliphatic carbocycles. The summed E-state index contributed by atoms with van der Waals surface area (Å²) >= 11 is 1.96. The Labute approximate surface area is 161 Å². The van der Waals surface area contributed by atoms with E-state index in [-0.39, 0.29) is 11.6 Å². The molecule has 4 rings (SSSR count). The van der Waals surface area contributed by atoms with E-state index in [1.165, 1.54) is 6.33 Å². The van der Waals surface area contributed by atoms with Gasteiger partial charge < -0.3 is 15.4 Å². The molecule has 1 atom stereocenters. The Morgan fingerprint density at radius 1 is 1.26 bits per heavy atom. The molecule has 2 aliphatic heterocycles. The number of rotatable bonds is 5. The Morgan fingerprint density at radius 2 is 2.07 bits per heavy atom. The second-order valence-electron chi connectivity index (χ2n) is 6.74. The van der Waals surface area contributed by atoms with Crippen LogP contribution in [0.25, 0.3) is 5.69 Å². The van der Waals surface area contributed by atoms with Crippen LogP contribution in [0.4, 0.5) is 10.5 Å². The van der Waals surface area contributed by atoms with Gasteiger partial charge in [0, 0.05) is 36.6 Å². The lowest BCUT2D eigenvalue weighted by Gasteiger charge is -2.43. The molecular weight excluding hydrogens is 366 g/mol. The summed E-state index contributed by atoms with van der Waals surface area (Å²) in [6, 6.07) is 7.19. The minimum Gasteiger partial charge on any atom is -0.379 e. The van der Waals surface area contributed by atoms with Gasteiger partial charge in [0.2, 0.25) is 0 Å². The lowest BCUT2D eigenvalue weighted by Crippen LogP contribution is -2.59. The molecule has 0 spiro atoms. The van der Waals surface area contributed by atoms with Gasteiger partial charge in [-0.2, -0.15) is 11.8 Å². The number of benzene rings is 1. The van der Waals surface area contributed by atoms with Crippen molar-refractivity contribution >= 4 is 23.5 Å². The van der Waals surface area contributed by atoms with Gasteiger partial charge in [0.25, 0.3) is 0 Å². The predicted octanol–water partition coefficient (Wildman–Crippen LogP) is 0.992. The molecule has 2 saturated heterocycles. The number of nitrogens with one attached hydrogen (secondary N) is 2. The zero-order valence-corrected chi connectivity index (χ0v) is 15.8. The van der Waals surface area contributed by atoms with E-state index in [0.29, 0.717) is 6.54 Å². The van der Waals surface area contributed by atoms with Crippen molar-refractivity contribution in [3.63, 3.8) is 0 Å². The van der Waals surface area contributed by atoms with Crippen LogP contribution in [0, 0.1) is 0 Å². The number of hydrogen-bond donors (Lipinski definition) is 2. The molecule has 1 unspecified atom stereocenters. The molecule has 9 nitrogen and oxygen atoms in total. The summed E-state index contributed by atoms with van der Waals surface area (Å²) in [5.41, 5.74) is 1.60. The van der Waals surface area contributed by atoms with Crippen LogP contribution in [-0.2, 0) is 4.74 Å². The number of morpholine rings is 1. The average molecular weight is 389 g/mol. The summed E-state index contributed by atoms with van der Waals surface area (Å²) in [4.78, 5) is 14.9. The largest absolute Gasteiger partial charge is 0.379 e. The van der Waals surface area contributed by atoms with Crippen LogP contribution in [0.2, 0.25) is 0 Å². The molecule has 10 heteroatoms. The molecular formula is C17H23N7O2S. The lowest BCUT2D eigenvalue weighted by atomic mass is 9.95. The quantitative estimate of drug-likeness (QED) is 0.787. The van der Waals surface area contributed by atoms with E-state index in [1.807, 2.05) is 36.0 Å². The predicted molar refractivity (Wildman–Crippen MR) is 103 cm³/mol. The molecule has 1 aromatic carbocycles. The maximum absolute atomic E-state index is 12.4. The third kappa shape index (κ3) is 4.23. The average Bonchev–Trinajstić information content (AvgIpc) is 3.41. The van der Waals surface area contributed by atoms with Crippen LogP contribution >= 0.6 is 11.8 Å². The van der Waals surface area contributed by atoms with Crippen molar-refractivity contribution in [3.05, 3.63) is 30.6 Å². The number of anilines is 1. The Hall–Kier alpha value is -2.17. The van der Waals surface area contributed by atoms with Crippen LogP contribution in [0.15, 0.2) is 30.6 Å². The number of amides is 2. The van der Waals surface area contributed by atoms with Crippen LogP contribution in [-0.4, -0.2) is 81.0 Å². The molecule has 2 aromatic rings. The molecule has 3 heterocycles. The van der Waals surface area contributed by atoms with Gasteiger partial charge in [-0.15, -0.1) is 5.10 Å². The molecule has 2 amide bonds. The molecule has 2 N–H and O–H groups in total. The van der Waals surface area contributed by atoms with Crippen LogP contribution in [0.5, 0.6) is 0 Å². The Kier molecular flexibility index (Phi) is 5.55. The number of carbonyl (C=O) groups excluding carboxylic acids is 1. The smallest absolute Gasteiger partial charge is 0.319 e. The highest BCUT2D eigenvalue weighted by Gasteiger charge is 2.40. The fraction of sp³-hybridized carbons (Fsp3) is 0.529. The molecule has 0 radical (unpaired) electrons. The molecule has 1 aromatic heterocycles. The van der Waals surface area contributed by atoms with E-state index < -0.39 is 0 Å². The number of carbonyl (C=O) groups is 1. The molecule has 144 valence electrons. The minimum absolute atomic E-state index is 0.0374. The number of tetrazole rings is 1. The SMILES string of the molecule is O=C(NCC1(N2CCOCC2)CCSC1)Nc1ccc(-n2cnnn2)cc1. The molecule has 0 bridgehead atoms. The molecule has 2 aliphatic rings. The van der Waals surface area contributed by atoms with Crippen LogP contribution < -0.4 is 10.6 Å². The second kappa shape index (κ2) is 8.24. The van der Waals surface area contributed by atoms with Crippen molar-refractivity contribution < 1.29 is 9.53 Å². The summed E-state index contributed by atoms with van der Waals surface area (Å²) in [5.74, 6) is 2.19. The third-order valence-electron chi connectivity index (χ3n) is 5.08. The summed E-state index contributed by atoms with van der Waals surface area (Å²) in [5, 5.41) is 17.0. The van der Waals surface area contributed by atoms with Gasteiger partial charge in [0.05, 0.1) is 18.9 Å². The fourth-order valence-electron chi connectivity index (χ4n) is 3.53. The summed E-state index contributed by atoms with van der Waals surface area (Å²) < 4.78 is 7.05. The first kappa shape index (κ1) is 18.2. The van der Waals surface area contributed by atoms with Gasteiger partial charge in [-0.1, -0.05) is 0 Å². The van der Waals surface area contributed by atoms with Gasteiger partial charge in [-0.05, 0) is 46.9 Å². The van der Waals surface area contributed by atoms with E-state index in [0.717, 1.165) is 55.6 Å². The van der Waals surface area contributed by atoms with E-state index in [2.05, 4.69) is 31.1 Å². The zero-order valence-electron chi connectivity index (χ0n) is 15.0. The van der Waals surface area contributed by atoms with Gasteiger partial charge in [-0.3, -0.25) is 4.90 Å². The highest BCUT2D eigenvalue weighted by Crippen LogP contribution is 2.33. The normalized spacial score (nSPS) is 23.3. The van der Waals surface area contributed by atoms with Crippen LogP contribution in [0.3, 0.4) is 0 Å². The first-order valence-electron chi connectivity index (χ1n) is 9.04. The molecule has 2 fully saturated rings. The lowest BCUT2D eigenvalue weighted by molar-refractivity contribution is -0.0123. The van der Waals surface area contributed by atoms with Crippen molar-refractivity contribution in [2.45, 2.75) is 12.0 Å². The number of aromatic nitrogens is 4. The minimum atomic E-state index is -0.185. The van der Waals surface area contributed by atoms with E-state index in [4.69, 9.17) is 4.74 Å². The van der Waals surface area contributed by atoms with Gasteiger partial charge in [-0.25, -0.2) is 9.48 Å². The van der Waals surface area contributed by atoms with Gasteiger partial charge in [0.15, 0.2) is 0 Å². The number of ether oxygens (including phenoxy) is 1. The van der Waals surface area contributed by atoms with E-state index >= 15 is 0 Å². The van der Waals surface area contributed by atoms with Crippen molar-refractivity contribution in [1.29, 1.82) is 0 Å². The first-order chi connectivity index (χ1) is 13.3. The zero-order chi connectivity index (χ0) is 18.5. The summed E-state index contributed by atoms with van der Waals surface area (Å²) in [6.07, 6.45) is 2.62. The van der Waals surface area contributed by atoms with E-state index in [9.17, 15) is 4.79 Å². The Morgan fingerprint density at radius 3 is 2.74 bits per heavy atom. The second-order valence-corrected chi connectivity index (χ2v) is 7.84. The van der Waals surface area contributed by atoms with Gasteiger partial charge in [0.1, 0.15) is 6.33 Å². The standard InChI is InChI=1S/C17H23N7O2S/c25-16(20-14-1-3-15(4-2-14)24-13-19-21-22-24)18-11-17(5-10-27-12-17)23-6-8-26-9-7-23/h1-4,13H,5-12H2,(H2,18,20,25). The highest BCUT2D eigenvalue weighted by molar-refractivity contribution is 7.99. The summed E-state index contributed by atoms with van der Waals surface area (Å²) in [7, 11) is 0. The number of nitrogens with zero attached hydrogens (tertiary/aromatic N) is 5. The monoisotopic (exact) mass is 389 g/mol. The van der Waals surface area contributed by atoms with Crippen molar-refractivity contribution in [1.82, 2.24) is 30.4 Å². The number of hydrogen-bond acceptors (Lipinski definition) is 7. The maximum Gasteiger partial charge on any atom is 0.319 e. The topological polar surface area (TPSA) is 97.2 Å². The van der Waals surface area contributed by atoms with Crippen LogP contribution in [0.1, 0.15) is 6.42 Å². The van der Waals surface area contributed by atoms with Gasteiger partial charge >= 0.3 is 6.03 Å². The van der Waals surface area contributed by atoms with E-state index in [1.54, 1.807) is 4.68 Å². The third-order valence-corrected chi connectivity index (χ3v) is 6.32. The highest BCUT2D eigenvalue weighted by atomic mass is 32.2. The Bertz CT molecular complexity index is 741. The first-order valence-corrected chi connectivity index (χ1v) is 10.2. The molecule has 0 saturated carbocycles. The summed E-state index contributed by atoms with van der Waals surface area (Å²) in [6.45, 7) is 4.05. The van der Waals surface area contributed by atoms with Crippen molar-refractivity contribution in [3.8, 4) is 5.69 Å². The number of thioether (sulfide) groups is 1. The Balaban J connectivity index is 1.33. The molecule has 27 heavy (non-hydrogen) atoms. The van der Waals surface area contributed by atoms with Crippen molar-refractivity contribution in [2.75, 3.05) is 49.7 Å². The van der Waals surface area contributed by atoms with Crippen molar-refractivity contribution in [2.24, 2.45) is 0 Å². The fourth-order valence-corrected chi connectivity index (χ4v) is 5.01. The number of urea groups is 1. The maximum atomic E-state index is 12.4.